The average Bonchev–Trinajstić information content (AvgIpc) is 3.79. The van der Waals surface area contributed by atoms with Gasteiger partial charge in [0.25, 0.3) is 0 Å². The van der Waals surface area contributed by atoms with Crippen LogP contribution in [0.25, 0.3) is 55.6 Å². The van der Waals surface area contributed by atoms with E-state index < -0.39 is 5.41 Å². The Morgan fingerprint density at radius 2 is 0.770 bits per heavy atom. The Morgan fingerprint density at radius 3 is 1.42 bits per heavy atom. The van der Waals surface area contributed by atoms with Crippen molar-refractivity contribution in [2.75, 3.05) is 4.90 Å². The number of amidine groups is 2. The first kappa shape index (κ1) is 43.2. The fourth-order valence-corrected chi connectivity index (χ4v) is 11.7. The molecule has 2 aliphatic heterocycles. The third-order valence-electron chi connectivity index (χ3n) is 15.1. The van der Waals surface area contributed by atoms with Crippen molar-refractivity contribution in [3.05, 3.63) is 318 Å². The SMILES string of the molecule is c1ccc(-c2cccc(C3=NC(c4cccc(-c5ccccc5)c4)NC(c4cccc(-c5cccc(-c6ccc7c(c6)C6(c8ccccc8-7)c7ccccc7N(c7ccccc7)c7ccccc76)c5)c4)=N3)c2)cc1. The van der Waals surface area contributed by atoms with Crippen LogP contribution in [-0.2, 0) is 5.41 Å². The predicted octanol–water partition coefficient (Wildman–Crippen LogP) is 17.0. The minimum Gasteiger partial charge on any atom is -0.344 e. The molecule has 1 aliphatic carbocycles. The van der Waals surface area contributed by atoms with Crippen molar-refractivity contribution in [2.24, 2.45) is 9.98 Å². The number of benzene rings is 11. The summed E-state index contributed by atoms with van der Waals surface area (Å²) in [4.78, 5) is 13.1. The number of nitrogens with one attached hydrogen (secondary N) is 1. The van der Waals surface area contributed by atoms with Gasteiger partial charge in [0.1, 0.15) is 12.0 Å². The van der Waals surface area contributed by atoms with Crippen LogP contribution in [-0.4, -0.2) is 11.7 Å². The van der Waals surface area contributed by atoms with Gasteiger partial charge in [0.15, 0.2) is 5.84 Å². The molecule has 0 radical (unpaired) electrons. The first-order valence-electron chi connectivity index (χ1n) is 25.4. The molecule has 11 aromatic rings. The minimum absolute atomic E-state index is 0.368. The summed E-state index contributed by atoms with van der Waals surface area (Å²) in [7, 11) is 0. The predicted molar refractivity (Wildman–Crippen MR) is 306 cm³/mol. The van der Waals surface area contributed by atoms with E-state index in [-0.39, 0.29) is 6.17 Å². The topological polar surface area (TPSA) is 40.0 Å². The van der Waals surface area contributed by atoms with Crippen LogP contribution in [0.5, 0.6) is 0 Å². The Balaban J connectivity index is 0.857. The van der Waals surface area contributed by atoms with Crippen LogP contribution < -0.4 is 10.2 Å². The largest absolute Gasteiger partial charge is 0.344 e. The van der Waals surface area contributed by atoms with E-state index in [0.29, 0.717) is 5.84 Å². The number of para-hydroxylation sites is 3. The molecule has 0 saturated carbocycles. The van der Waals surface area contributed by atoms with E-state index in [0.717, 1.165) is 67.2 Å². The number of nitrogens with zero attached hydrogens (tertiary/aromatic N) is 3. The summed E-state index contributed by atoms with van der Waals surface area (Å²) < 4.78 is 0. The van der Waals surface area contributed by atoms with Gasteiger partial charge in [-0.15, -0.1) is 0 Å². The molecule has 14 rings (SSSR count). The molecule has 74 heavy (non-hydrogen) atoms. The van der Waals surface area contributed by atoms with Crippen molar-refractivity contribution in [2.45, 2.75) is 11.6 Å². The van der Waals surface area contributed by atoms with Gasteiger partial charge in [-0.1, -0.05) is 224 Å². The maximum absolute atomic E-state index is 5.32. The van der Waals surface area contributed by atoms with Crippen molar-refractivity contribution in [3.8, 4) is 55.6 Å². The fourth-order valence-electron chi connectivity index (χ4n) is 11.7. The van der Waals surface area contributed by atoms with Crippen molar-refractivity contribution in [1.82, 2.24) is 5.32 Å². The average molecular weight is 945 g/mol. The minimum atomic E-state index is -0.536. The van der Waals surface area contributed by atoms with E-state index >= 15 is 0 Å². The maximum Gasteiger partial charge on any atom is 0.159 e. The summed E-state index contributed by atoms with van der Waals surface area (Å²) in [5.41, 5.74) is 22.9. The highest BCUT2D eigenvalue weighted by Gasteiger charge is 2.51. The zero-order chi connectivity index (χ0) is 49.0. The highest BCUT2D eigenvalue weighted by Crippen LogP contribution is 2.63. The molecule has 348 valence electrons. The number of anilines is 3. The molecule has 4 heteroatoms. The van der Waals surface area contributed by atoms with Gasteiger partial charge in [0.05, 0.1) is 16.8 Å². The van der Waals surface area contributed by atoms with Crippen molar-refractivity contribution in [3.63, 3.8) is 0 Å². The molecular formula is C70H48N4. The zero-order valence-electron chi connectivity index (χ0n) is 40.5. The van der Waals surface area contributed by atoms with Gasteiger partial charge in [0, 0.05) is 16.8 Å². The molecule has 1 spiro atoms. The molecule has 0 bridgehead atoms. The van der Waals surface area contributed by atoms with Crippen molar-refractivity contribution in [1.29, 1.82) is 0 Å². The normalized spacial score (nSPS) is 14.7. The molecule has 3 aliphatic rings. The van der Waals surface area contributed by atoms with Gasteiger partial charge in [-0.25, -0.2) is 9.98 Å². The van der Waals surface area contributed by atoms with Gasteiger partial charge >= 0.3 is 0 Å². The molecule has 1 atom stereocenters. The zero-order valence-corrected chi connectivity index (χ0v) is 40.5. The molecule has 1 unspecified atom stereocenters. The number of rotatable bonds is 8. The lowest BCUT2D eigenvalue weighted by Gasteiger charge is -2.45. The van der Waals surface area contributed by atoms with E-state index in [1.54, 1.807) is 0 Å². The van der Waals surface area contributed by atoms with Gasteiger partial charge in [-0.3, -0.25) is 0 Å². The molecular weight excluding hydrogens is 897 g/mol. The molecule has 4 nitrogen and oxygen atoms in total. The Labute approximate surface area is 432 Å². The fraction of sp³-hybridized carbons (Fsp3) is 0.0286. The van der Waals surface area contributed by atoms with E-state index in [1.807, 2.05) is 0 Å². The van der Waals surface area contributed by atoms with Gasteiger partial charge < -0.3 is 10.2 Å². The second kappa shape index (κ2) is 17.9. The molecule has 11 aromatic carbocycles. The lowest BCUT2D eigenvalue weighted by molar-refractivity contribution is 0.674. The Kier molecular flexibility index (Phi) is 10.4. The lowest BCUT2D eigenvalue weighted by Crippen LogP contribution is -2.36. The van der Waals surface area contributed by atoms with Gasteiger partial charge in [-0.2, -0.15) is 0 Å². The summed E-state index contributed by atoms with van der Waals surface area (Å²) >= 11 is 0. The first-order valence-corrected chi connectivity index (χ1v) is 25.4. The molecule has 0 saturated heterocycles. The summed E-state index contributed by atoms with van der Waals surface area (Å²) in [6, 6.07) is 101. The molecule has 2 heterocycles. The Hall–Kier alpha value is -9.64. The van der Waals surface area contributed by atoms with E-state index in [9.17, 15) is 0 Å². The number of hydrogen-bond donors (Lipinski definition) is 1. The van der Waals surface area contributed by atoms with Crippen molar-refractivity contribution < 1.29 is 0 Å². The van der Waals surface area contributed by atoms with Gasteiger partial charge in [0.2, 0.25) is 0 Å². The molecule has 0 aromatic heterocycles. The van der Waals surface area contributed by atoms with Crippen LogP contribution in [0.3, 0.4) is 0 Å². The first-order chi connectivity index (χ1) is 36.7. The van der Waals surface area contributed by atoms with Gasteiger partial charge in [-0.05, 0) is 138 Å². The Morgan fingerprint density at radius 1 is 0.324 bits per heavy atom. The monoisotopic (exact) mass is 944 g/mol. The third-order valence-corrected chi connectivity index (χ3v) is 15.1. The number of fused-ring (bicyclic) bond motifs is 9. The molecule has 0 fully saturated rings. The summed E-state index contributed by atoms with van der Waals surface area (Å²) in [6.07, 6.45) is -0.368. The Bertz CT molecular complexity index is 3960. The van der Waals surface area contributed by atoms with Crippen molar-refractivity contribution >= 4 is 28.7 Å². The summed E-state index contributed by atoms with van der Waals surface area (Å²) in [5, 5.41) is 3.77. The second-order valence-electron chi connectivity index (χ2n) is 19.3. The molecule has 1 N–H and O–H groups in total. The second-order valence-corrected chi connectivity index (χ2v) is 19.3. The van der Waals surface area contributed by atoms with Crippen LogP contribution in [0.15, 0.2) is 289 Å². The quantitative estimate of drug-likeness (QED) is 0.165. The number of hydrogen-bond acceptors (Lipinski definition) is 4. The maximum atomic E-state index is 5.32. The highest BCUT2D eigenvalue weighted by atomic mass is 15.2. The van der Waals surface area contributed by atoms with Crippen LogP contribution in [0.2, 0.25) is 0 Å². The van der Waals surface area contributed by atoms with Crippen LogP contribution >= 0.6 is 0 Å². The molecule has 0 amide bonds. The van der Waals surface area contributed by atoms with Crippen LogP contribution in [0, 0.1) is 0 Å². The lowest BCUT2D eigenvalue weighted by atomic mass is 9.64. The smallest absolute Gasteiger partial charge is 0.159 e. The third kappa shape index (κ3) is 7.22. The summed E-state index contributed by atoms with van der Waals surface area (Å²) in [6.45, 7) is 0. The standard InChI is InChI=1S/C70H48N4/c1-4-20-47(21-5-1)49-24-17-29-55(43-49)67-71-68(56-30-18-25-50(44-56)48-22-6-2-7-23-48)73-69(72-67)57-31-19-28-53(45-57)51-26-16-27-52(42-51)54-40-41-60-59-34-10-11-35-61(59)70(64(60)46-54)62-36-12-14-38-65(62)74(58-32-8-3-9-33-58)66-39-15-13-37-63(66)70/h1-46,67H,(H,71,72,73). The van der Waals surface area contributed by atoms with Crippen LogP contribution in [0.1, 0.15) is 45.1 Å². The summed E-state index contributed by atoms with van der Waals surface area (Å²) in [5.74, 6) is 1.46. The van der Waals surface area contributed by atoms with E-state index in [4.69, 9.17) is 9.98 Å². The van der Waals surface area contributed by atoms with E-state index in [1.165, 1.54) is 50.3 Å². The van der Waals surface area contributed by atoms with E-state index in [2.05, 4.69) is 289 Å². The van der Waals surface area contributed by atoms with Crippen LogP contribution in [0.4, 0.5) is 17.1 Å². The number of aliphatic imine (C=N–C) groups is 2. The highest BCUT2D eigenvalue weighted by molar-refractivity contribution is 6.13.